The third kappa shape index (κ3) is 7.23. The number of amides is 1. The van der Waals surface area contributed by atoms with Gasteiger partial charge in [0.1, 0.15) is 11.0 Å². The predicted octanol–water partition coefficient (Wildman–Crippen LogP) is 4.72. The highest BCUT2D eigenvalue weighted by Crippen LogP contribution is 2.26. The molecule has 0 saturated carbocycles. The van der Waals surface area contributed by atoms with Gasteiger partial charge in [0.25, 0.3) is 11.6 Å². The Bertz CT molecular complexity index is 1150. The summed E-state index contributed by atoms with van der Waals surface area (Å²) in [5.74, 6) is 0.480. The van der Waals surface area contributed by atoms with E-state index in [2.05, 4.69) is 54.7 Å². The van der Waals surface area contributed by atoms with Crippen LogP contribution < -0.4 is 10.6 Å². The number of carbonyl (C=O) groups is 1. The number of halogens is 1. The third-order valence-electron chi connectivity index (χ3n) is 6.90. The average Bonchev–Trinajstić information content (AvgIpc) is 3.39. The molecule has 1 aliphatic rings. The zero-order valence-corrected chi connectivity index (χ0v) is 23.4. The molecule has 10 heteroatoms. The van der Waals surface area contributed by atoms with Gasteiger partial charge in [-0.3, -0.25) is 4.79 Å². The van der Waals surface area contributed by atoms with Gasteiger partial charge in [-0.25, -0.2) is 15.1 Å². The molecule has 1 aliphatic heterocycles. The molecule has 0 spiro atoms. The van der Waals surface area contributed by atoms with E-state index in [-0.39, 0.29) is 17.6 Å². The molecule has 2 aromatic rings. The first-order valence-electron chi connectivity index (χ1n) is 12.4. The first kappa shape index (κ1) is 28.5. The number of nitrogens with one attached hydrogen (secondary N) is 2. The SMILES string of the molecule is [C-]#[N+]/C(C#N)=C(\NC)N(Cc1ccsc1)C1CCN([C@H](C)CCNC(=O)c2c(C)cc(Cl)nc2C)CC1. The molecule has 2 N–H and O–H groups in total. The number of piperidine rings is 1. The zero-order chi connectivity index (χ0) is 26.9. The Hall–Kier alpha value is -3.11. The summed E-state index contributed by atoms with van der Waals surface area (Å²) in [4.78, 5) is 25.0. The van der Waals surface area contributed by atoms with Crippen LogP contribution in [-0.4, -0.2) is 59.5 Å². The van der Waals surface area contributed by atoms with Crippen molar-refractivity contribution in [1.82, 2.24) is 25.4 Å². The minimum Gasteiger partial charge on any atom is -0.383 e. The number of hydrogen-bond acceptors (Lipinski definition) is 7. The van der Waals surface area contributed by atoms with E-state index in [4.69, 9.17) is 18.2 Å². The molecule has 0 radical (unpaired) electrons. The highest BCUT2D eigenvalue weighted by atomic mass is 35.5. The number of allylic oxidation sites excluding steroid dienone is 1. The average molecular weight is 540 g/mol. The van der Waals surface area contributed by atoms with E-state index in [0.717, 1.165) is 37.9 Å². The Kier molecular flexibility index (Phi) is 10.3. The molecule has 37 heavy (non-hydrogen) atoms. The Morgan fingerprint density at radius 1 is 1.43 bits per heavy atom. The van der Waals surface area contributed by atoms with Gasteiger partial charge in [0.05, 0.1) is 23.9 Å². The summed E-state index contributed by atoms with van der Waals surface area (Å²) in [5, 5.41) is 20.2. The fourth-order valence-corrected chi connectivity index (χ4v) is 5.88. The highest BCUT2D eigenvalue weighted by molar-refractivity contribution is 7.07. The molecule has 2 aromatic heterocycles. The minimum atomic E-state index is -0.117. The summed E-state index contributed by atoms with van der Waals surface area (Å²) in [6.45, 7) is 16.4. The van der Waals surface area contributed by atoms with Gasteiger partial charge in [-0.05, 0) is 74.1 Å². The van der Waals surface area contributed by atoms with Crippen LogP contribution in [0.2, 0.25) is 5.15 Å². The molecule has 3 rings (SSSR count). The quantitative estimate of drug-likeness (QED) is 0.258. The summed E-state index contributed by atoms with van der Waals surface area (Å²) in [6.07, 6.45) is 2.70. The van der Waals surface area contributed by atoms with Crippen LogP contribution in [0.25, 0.3) is 4.85 Å². The summed E-state index contributed by atoms with van der Waals surface area (Å²) in [5.41, 5.74) is 3.31. The smallest absolute Gasteiger partial charge is 0.300 e. The lowest BCUT2D eigenvalue weighted by Crippen LogP contribution is -2.49. The van der Waals surface area contributed by atoms with Gasteiger partial charge in [-0.15, -0.1) is 0 Å². The number of hydrogen-bond donors (Lipinski definition) is 2. The Morgan fingerprint density at radius 3 is 2.73 bits per heavy atom. The Balaban J connectivity index is 1.58. The van der Waals surface area contributed by atoms with Gasteiger partial charge in [0, 0.05) is 45.3 Å². The van der Waals surface area contributed by atoms with E-state index in [9.17, 15) is 10.1 Å². The van der Waals surface area contributed by atoms with Gasteiger partial charge in [-0.2, -0.15) is 11.3 Å². The summed E-state index contributed by atoms with van der Waals surface area (Å²) in [7, 11) is 1.77. The lowest BCUT2D eigenvalue weighted by atomic mass is 10.00. The molecule has 1 saturated heterocycles. The molecular weight excluding hydrogens is 506 g/mol. The van der Waals surface area contributed by atoms with Crippen LogP contribution in [0.5, 0.6) is 0 Å². The number of nitriles is 1. The lowest BCUT2D eigenvalue weighted by Gasteiger charge is -2.42. The van der Waals surface area contributed by atoms with Crippen molar-refractivity contribution in [3.8, 4) is 6.07 Å². The largest absolute Gasteiger partial charge is 0.383 e. The minimum absolute atomic E-state index is 0.0885. The standard InChI is InChI=1S/C27H34ClN7OS/c1-18-14-24(28)33-20(3)25(18)27(36)32-10-6-19(2)34-11-7-22(8-12-34)35(16-21-9-13-37-17-21)26(31-5)23(15-29)30-4/h9,13-14,17,19,22,31H,6-8,10-12,16H2,1-3,5H3,(H,32,36)/b26-23+/t19-/m1/s1. The third-order valence-corrected chi connectivity index (χ3v) is 7.83. The molecule has 0 bridgehead atoms. The van der Waals surface area contributed by atoms with E-state index < -0.39 is 0 Å². The maximum atomic E-state index is 12.7. The van der Waals surface area contributed by atoms with Gasteiger partial charge in [0.2, 0.25) is 0 Å². The second-order valence-corrected chi connectivity index (χ2v) is 10.5. The second-order valence-electron chi connectivity index (χ2n) is 9.31. The summed E-state index contributed by atoms with van der Waals surface area (Å²) >= 11 is 7.64. The molecule has 1 amide bonds. The molecule has 1 atom stereocenters. The maximum absolute atomic E-state index is 12.7. The first-order chi connectivity index (χ1) is 17.8. The van der Waals surface area contributed by atoms with Crippen LogP contribution in [-0.2, 0) is 6.54 Å². The Labute approximate surface area is 228 Å². The predicted molar refractivity (Wildman–Crippen MR) is 148 cm³/mol. The van der Waals surface area contributed by atoms with Crippen LogP contribution >= 0.6 is 22.9 Å². The normalized spacial score (nSPS) is 15.8. The van der Waals surface area contributed by atoms with E-state index in [0.29, 0.717) is 41.4 Å². The van der Waals surface area contributed by atoms with Crippen molar-refractivity contribution >= 4 is 28.8 Å². The maximum Gasteiger partial charge on any atom is 0.300 e. The summed E-state index contributed by atoms with van der Waals surface area (Å²) < 4.78 is 0. The van der Waals surface area contributed by atoms with E-state index in [1.807, 2.05) is 12.3 Å². The van der Waals surface area contributed by atoms with Gasteiger partial charge >= 0.3 is 0 Å². The molecule has 0 unspecified atom stereocenters. The van der Waals surface area contributed by atoms with E-state index in [1.165, 1.54) is 5.56 Å². The fraction of sp³-hybridized carbons (Fsp3) is 0.481. The van der Waals surface area contributed by atoms with E-state index in [1.54, 1.807) is 31.4 Å². The number of rotatable bonds is 10. The van der Waals surface area contributed by atoms with Crippen molar-refractivity contribution in [3.63, 3.8) is 0 Å². The number of nitrogens with zero attached hydrogens (tertiary/aromatic N) is 5. The van der Waals surface area contributed by atoms with Gasteiger partial charge in [-0.1, -0.05) is 11.6 Å². The fourth-order valence-electron chi connectivity index (χ4n) is 4.93. The van der Waals surface area contributed by atoms with E-state index >= 15 is 0 Å². The molecule has 3 heterocycles. The van der Waals surface area contributed by atoms with Crippen molar-refractivity contribution in [2.24, 2.45) is 0 Å². The summed E-state index contributed by atoms with van der Waals surface area (Å²) in [6, 6.07) is 6.39. The van der Waals surface area contributed by atoms with Gasteiger partial charge in [0.15, 0.2) is 0 Å². The molecule has 0 aliphatic carbocycles. The number of aromatic nitrogens is 1. The topological polar surface area (TPSA) is 88.7 Å². The monoisotopic (exact) mass is 539 g/mol. The molecule has 196 valence electrons. The van der Waals surface area contributed by atoms with Crippen LogP contribution in [0.1, 0.15) is 53.4 Å². The zero-order valence-electron chi connectivity index (χ0n) is 21.8. The number of likely N-dealkylation sites (tertiary alicyclic amines) is 1. The second kappa shape index (κ2) is 13.4. The van der Waals surface area contributed by atoms with Crippen molar-refractivity contribution in [2.45, 2.75) is 58.7 Å². The Morgan fingerprint density at radius 2 is 2.16 bits per heavy atom. The number of pyridine rings is 1. The molecular formula is C27H34ClN7OS. The first-order valence-corrected chi connectivity index (χ1v) is 13.7. The van der Waals surface area contributed by atoms with Crippen molar-refractivity contribution < 1.29 is 4.79 Å². The van der Waals surface area contributed by atoms with Crippen LogP contribution in [0.3, 0.4) is 0 Å². The van der Waals surface area contributed by atoms with Crippen LogP contribution in [0.15, 0.2) is 34.4 Å². The lowest BCUT2D eigenvalue weighted by molar-refractivity contribution is 0.0903. The van der Waals surface area contributed by atoms with Crippen molar-refractivity contribution in [2.75, 3.05) is 26.7 Å². The highest BCUT2D eigenvalue weighted by Gasteiger charge is 2.29. The number of carbonyl (C=O) groups excluding carboxylic acids is 1. The van der Waals surface area contributed by atoms with Crippen LogP contribution in [0, 0.1) is 31.8 Å². The molecule has 8 nitrogen and oxygen atoms in total. The molecule has 1 fully saturated rings. The van der Waals surface area contributed by atoms with Crippen molar-refractivity contribution in [3.05, 3.63) is 73.4 Å². The van der Waals surface area contributed by atoms with Crippen LogP contribution in [0.4, 0.5) is 0 Å². The number of aryl methyl sites for hydroxylation is 2. The number of thiophene rings is 1. The van der Waals surface area contributed by atoms with Gasteiger partial charge < -0.3 is 20.4 Å². The molecule has 0 aromatic carbocycles. The van der Waals surface area contributed by atoms with Crippen molar-refractivity contribution in [1.29, 1.82) is 5.26 Å².